The van der Waals surface area contributed by atoms with E-state index in [0.29, 0.717) is 17.1 Å². The van der Waals surface area contributed by atoms with Gasteiger partial charge in [-0.2, -0.15) is 0 Å². The van der Waals surface area contributed by atoms with Crippen LogP contribution in [0.5, 0.6) is 0 Å². The zero-order chi connectivity index (χ0) is 15.1. The predicted octanol–water partition coefficient (Wildman–Crippen LogP) is 2.47. The second-order valence-corrected chi connectivity index (χ2v) is 6.01. The van der Waals surface area contributed by atoms with E-state index in [-0.39, 0.29) is 18.1 Å². The number of aryl methyl sites for hydroxylation is 1. The van der Waals surface area contributed by atoms with Crippen molar-refractivity contribution in [2.24, 2.45) is 11.8 Å². The minimum absolute atomic E-state index is 0.307. The summed E-state index contributed by atoms with van der Waals surface area (Å²) in [5, 5.41) is 12.6. The number of nitrogens with one attached hydrogen (secondary N) is 1. The van der Waals surface area contributed by atoms with Gasteiger partial charge < -0.3 is 15.2 Å². The van der Waals surface area contributed by atoms with Crippen LogP contribution in [0.15, 0.2) is 18.2 Å². The largest absolute Gasteiger partial charge is 0.481 e. The highest BCUT2D eigenvalue weighted by molar-refractivity contribution is 6.34. The number of carbonyl (C=O) groups excluding carboxylic acids is 1. The number of anilines is 1. The van der Waals surface area contributed by atoms with Crippen molar-refractivity contribution in [3.05, 3.63) is 28.8 Å². The molecule has 2 N–H and O–H groups in total. The second-order valence-electron chi connectivity index (χ2n) is 5.60. The molecular weight excluding hydrogens is 294 g/mol. The summed E-state index contributed by atoms with van der Waals surface area (Å²) in [4.78, 5) is 23.9. The Morgan fingerprint density at radius 2 is 1.95 bits per heavy atom. The second kappa shape index (κ2) is 5.31. The van der Waals surface area contributed by atoms with Gasteiger partial charge in [0.15, 0.2) is 0 Å². The van der Waals surface area contributed by atoms with Crippen LogP contribution in [0.2, 0.25) is 5.02 Å². The summed E-state index contributed by atoms with van der Waals surface area (Å²) in [5.41, 5.74) is 1.38. The Morgan fingerprint density at radius 3 is 2.57 bits per heavy atom. The summed E-state index contributed by atoms with van der Waals surface area (Å²) in [7, 11) is 0. The van der Waals surface area contributed by atoms with Crippen molar-refractivity contribution in [3.63, 3.8) is 0 Å². The van der Waals surface area contributed by atoms with E-state index in [1.165, 1.54) is 0 Å². The van der Waals surface area contributed by atoms with Crippen LogP contribution in [0.25, 0.3) is 0 Å². The first-order valence-corrected chi connectivity index (χ1v) is 7.31. The monoisotopic (exact) mass is 309 g/mol. The fourth-order valence-electron chi connectivity index (χ4n) is 3.32. The van der Waals surface area contributed by atoms with Gasteiger partial charge in [0.2, 0.25) is 5.91 Å². The summed E-state index contributed by atoms with van der Waals surface area (Å²) < 4.78 is 5.60. The van der Waals surface area contributed by atoms with Crippen LogP contribution >= 0.6 is 11.6 Å². The maximum atomic E-state index is 12.5. The van der Waals surface area contributed by atoms with Crippen LogP contribution in [0, 0.1) is 18.8 Å². The number of carboxylic acid groups (broad SMARTS) is 1. The Kier molecular flexibility index (Phi) is 3.63. The maximum absolute atomic E-state index is 12.5. The minimum atomic E-state index is -0.974. The van der Waals surface area contributed by atoms with E-state index in [1.54, 1.807) is 12.1 Å². The number of fused-ring (bicyclic) bond motifs is 2. The zero-order valence-corrected chi connectivity index (χ0v) is 12.3. The standard InChI is InChI=1S/C15H16ClNO4/c1-7-3-2-4-8(16)13(7)17-14(18)11-9-5-6-10(21-9)12(11)15(19)20/h2-4,9-12H,5-6H2,1H3,(H,17,18)(H,19,20)/t9-,10-,11+,12-/m1/s1. The van der Waals surface area contributed by atoms with Crippen LogP contribution in [-0.2, 0) is 14.3 Å². The average molecular weight is 310 g/mol. The Hall–Kier alpha value is -1.59. The van der Waals surface area contributed by atoms with Gasteiger partial charge in [0.05, 0.1) is 34.8 Å². The van der Waals surface area contributed by atoms with Gasteiger partial charge in [0.1, 0.15) is 0 Å². The fourth-order valence-corrected chi connectivity index (χ4v) is 3.59. The van der Waals surface area contributed by atoms with Crippen LogP contribution in [0.1, 0.15) is 18.4 Å². The highest BCUT2D eigenvalue weighted by Crippen LogP contribution is 2.44. The van der Waals surface area contributed by atoms with Crippen LogP contribution in [0.3, 0.4) is 0 Å². The topological polar surface area (TPSA) is 75.6 Å². The highest BCUT2D eigenvalue weighted by atomic mass is 35.5. The van der Waals surface area contributed by atoms with Gasteiger partial charge in [-0.3, -0.25) is 9.59 Å². The molecule has 2 heterocycles. The number of benzene rings is 1. The molecule has 0 radical (unpaired) electrons. The number of hydrogen-bond acceptors (Lipinski definition) is 3. The molecule has 5 nitrogen and oxygen atoms in total. The van der Waals surface area contributed by atoms with E-state index in [9.17, 15) is 14.7 Å². The maximum Gasteiger partial charge on any atom is 0.310 e. The van der Waals surface area contributed by atoms with Crippen molar-refractivity contribution in [2.75, 3.05) is 5.32 Å². The van der Waals surface area contributed by atoms with Crippen LogP contribution in [0.4, 0.5) is 5.69 Å². The molecule has 2 aliphatic rings. The van der Waals surface area contributed by atoms with E-state index < -0.39 is 17.8 Å². The van der Waals surface area contributed by atoms with Gasteiger partial charge in [-0.1, -0.05) is 23.7 Å². The van der Waals surface area contributed by atoms with Gasteiger partial charge in [-0.05, 0) is 31.4 Å². The number of amides is 1. The van der Waals surface area contributed by atoms with Gasteiger partial charge in [-0.15, -0.1) is 0 Å². The van der Waals surface area contributed by atoms with Crippen molar-refractivity contribution in [2.45, 2.75) is 32.0 Å². The Bertz CT molecular complexity index is 583. The number of carboxylic acids is 1. The van der Waals surface area contributed by atoms with Gasteiger partial charge in [-0.25, -0.2) is 0 Å². The highest BCUT2D eigenvalue weighted by Gasteiger charge is 2.55. The van der Waals surface area contributed by atoms with E-state index in [0.717, 1.165) is 12.0 Å². The summed E-state index contributed by atoms with van der Waals surface area (Å²) in [6, 6.07) is 5.33. The first-order chi connectivity index (χ1) is 9.99. The lowest BCUT2D eigenvalue weighted by Crippen LogP contribution is -2.41. The number of para-hydroxylation sites is 1. The van der Waals surface area contributed by atoms with E-state index in [4.69, 9.17) is 16.3 Å². The molecule has 112 valence electrons. The molecule has 2 aliphatic heterocycles. The number of rotatable bonds is 3. The lowest BCUT2D eigenvalue weighted by molar-refractivity contribution is -0.147. The first-order valence-electron chi connectivity index (χ1n) is 6.93. The number of ether oxygens (including phenoxy) is 1. The molecule has 0 aliphatic carbocycles. The lowest BCUT2D eigenvalue weighted by Gasteiger charge is -2.24. The third kappa shape index (κ3) is 2.40. The fraction of sp³-hybridized carbons (Fsp3) is 0.467. The molecule has 0 unspecified atom stereocenters. The summed E-state index contributed by atoms with van der Waals surface area (Å²) >= 11 is 6.10. The molecule has 0 spiro atoms. The van der Waals surface area contributed by atoms with Crippen molar-refractivity contribution >= 4 is 29.2 Å². The number of aliphatic carboxylic acids is 1. The number of carbonyl (C=O) groups is 2. The molecule has 2 saturated heterocycles. The van der Waals surface area contributed by atoms with Crippen molar-refractivity contribution in [1.82, 2.24) is 0 Å². The molecule has 1 amide bonds. The molecule has 1 aromatic carbocycles. The molecular formula is C15H16ClNO4. The SMILES string of the molecule is Cc1cccc(Cl)c1NC(=O)[C@@H]1[C@H](C(=O)O)[C@H]2CC[C@H]1O2. The summed E-state index contributed by atoms with van der Waals surface area (Å²) in [6.07, 6.45) is 0.777. The Labute approximate surface area is 127 Å². The van der Waals surface area contributed by atoms with E-state index >= 15 is 0 Å². The quantitative estimate of drug-likeness (QED) is 0.899. The normalized spacial score (nSPS) is 30.4. The van der Waals surface area contributed by atoms with E-state index in [1.807, 2.05) is 13.0 Å². The number of hydrogen-bond donors (Lipinski definition) is 2. The third-order valence-corrected chi connectivity index (χ3v) is 4.65. The van der Waals surface area contributed by atoms with Crippen LogP contribution < -0.4 is 5.32 Å². The van der Waals surface area contributed by atoms with E-state index in [2.05, 4.69) is 5.32 Å². The molecule has 6 heteroatoms. The molecule has 1 aromatic rings. The smallest absolute Gasteiger partial charge is 0.310 e. The van der Waals surface area contributed by atoms with Crippen molar-refractivity contribution in [3.8, 4) is 0 Å². The zero-order valence-electron chi connectivity index (χ0n) is 11.5. The van der Waals surface area contributed by atoms with Gasteiger partial charge in [0, 0.05) is 0 Å². The van der Waals surface area contributed by atoms with Crippen molar-refractivity contribution in [1.29, 1.82) is 0 Å². The first kappa shape index (κ1) is 14.4. The Morgan fingerprint density at radius 1 is 1.29 bits per heavy atom. The van der Waals surface area contributed by atoms with Gasteiger partial charge in [0.25, 0.3) is 0 Å². The molecule has 3 rings (SSSR count). The van der Waals surface area contributed by atoms with Gasteiger partial charge >= 0.3 is 5.97 Å². The predicted molar refractivity (Wildman–Crippen MR) is 77.3 cm³/mol. The molecule has 0 saturated carbocycles. The summed E-state index contributed by atoms with van der Waals surface area (Å²) in [5.74, 6) is -2.73. The molecule has 4 atom stereocenters. The molecule has 0 aromatic heterocycles. The summed E-state index contributed by atoms with van der Waals surface area (Å²) in [6.45, 7) is 1.84. The minimum Gasteiger partial charge on any atom is -0.481 e. The molecule has 2 bridgehead atoms. The molecule has 21 heavy (non-hydrogen) atoms. The number of halogens is 1. The lowest BCUT2D eigenvalue weighted by atomic mass is 9.78. The van der Waals surface area contributed by atoms with Crippen LogP contribution in [-0.4, -0.2) is 29.2 Å². The third-order valence-electron chi connectivity index (χ3n) is 4.33. The average Bonchev–Trinajstić information content (AvgIpc) is 3.03. The molecule has 2 fully saturated rings. The van der Waals surface area contributed by atoms with Crippen molar-refractivity contribution < 1.29 is 19.4 Å². The Balaban J connectivity index is 1.83.